The summed E-state index contributed by atoms with van der Waals surface area (Å²) in [6.45, 7) is 2.67. The van der Waals surface area contributed by atoms with Gasteiger partial charge >= 0.3 is 0 Å². The van der Waals surface area contributed by atoms with Gasteiger partial charge < -0.3 is 18.5 Å². The van der Waals surface area contributed by atoms with Crippen molar-refractivity contribution in [2.75, 3.05) is 13.1 Å². The van der Waals surface area contributed by atoms with Crippen molar-refractivity contribution < 1.29 is 9.59 Å². The molecule has 0 aliphatic carbocycles. The van der Waals surface area contributed by atoms with Crippen LogP contribution in [0, 0.1) is 0 Å². The van der Waals surface area contributed by atoms with Gasteiger partial charge in [-0.3, -0.25) is 9.59 Å². The Labute approximate surface area is 85.2 Å². The van der Waals surface area contributed by atoms with Crippen LogP contribution in [0.1, 0.15) is 19.8 Å². The van der Waals surface area contributed by atoms with Crippen LogP contribution in [-0.2, 0) is 9.59 Å². The second-order valence-corrected chi connectivity index (χ2v) is 3.75. The molecular formula is C9H15BN2O2-. The maximum Gasteiger partial charge on any atom is 0.236 e. The number of hydrogen-bond donors (Lipinski definition) is 1. The van der Waals surface area contributed by atoms with Crippen molar-refractivity contribution in [2.24, 2.45) is 5.73 Å². The lowest BCUT2D eigenvalue weighted by Crippen LogP contribution is -2.48. The van der Waals surface area contributed by atoms with E-state index in [0.717, 1.165) is 0 Å². The minimum atomic E-state index is -0.650. The van der Waals surface area contributed by atoms with Crippen LogP contribution in [0.5, 0.6) is 0 Å². The molecule has 0 saturated carbocycles. The summed E-state index contributed by atoms with van der Waals surface area (Å²) in [6.07, 6.45) is 0.884. The van der Waals surface area contributed by atoms with E-state index in [0.29, 0.717) is 25.9 Å². The number of likely N-dealkylation sites (tertiary alicyclic amines) is 1. The Morgan fingerprint density at radius 2 is 2.00 bits per heavy atom. The van der Waals surface area contributed by atoms with E-state index in [1.54, 1.807) is 11.8 Å². The van der Waals surface area contributed by atoms with E-state index in [2.05, 4.69) is 0 Å². The number of nitrogens with zero attached hydrogens (tertiary/aromatic N) is 1. The molecule has 14 heavy (non-hydrogen) atoms. The second-order valence-electron chi connectivity index (χ2n) is 3.75. The van der Waals surface area contributed by atoms with Crippen molar-refractivity contribution in [1.82, 2.24) is 4.90 Å². The van der Waals surface area contributed by atoms with Gasteiger partial charge in [-0.05, 0) is 0 Å². The Kier molecular flexibility index (Phi) is 3.69. The van der Waals surface area contributed by atoms with E-state index in [4.69, 9.17) is 13.6 Å². The van der Waals surface area contributed by atoms with Gasteiger partial charge in [0.2, 0.25) is 5.91 Å². The van der Waals surface area contributed by atoms with Crippen molar-refractivity contribution in [3.05, 3.63) is 0 Å². The average Bonchev–Trinajstić information content (AvgIpc) is 2.16. The summed E-state index contributed by atoms with van der Waals surface area (Å²) in [7, 11) is 5.53. The molecular weight excluding hydrogens is 179 g/mol. The van der Waals surface area contributed by atoms with E-state index in [1.165, 1.54) is 0 Å². The zero-order chi connectivity index (χ0) is 10.7. The highest BCUT2D eigenvalue weighted by molar-refractivity contribution is 6.14. The summed E-state index contributed by atoms with van der Waals surface area (Å²) in [5, 5.41) is 0. The second kappa shape index (κ2) is 4.60. The SMILES string of the molecule is [B-]C(C)[C@@H](N)C(=O)N1CCC(=O)CC1. The largest absolute Gasteiger partial charge is 0.619 e. The van der Waals surface area contributed by atoms with Crippen molar-refractivity contribution in [3.63, 3.8) is 0 Å². The van der Waals surface area contributed by atoms with Crippen LogP contribution in [0.25, 0.3) is 0 Å². The van der Waals surface area contributed by atoms with Crippen LogP contribution in [0.4, 0.5) is 0 Å². The third-order valence-corrected chi connectivity index (χ3v) is 2.48. The molecule has 1 aliphatic heterocycles. The van der Waals surface area contributed by atoms with Crippen LogP contribution in [-0.4, -0.2) is 43.6 Å². The smallest absolute Gasteiger partial charge is 0.236 e. The average molecular weight is 194 g/mol. The Morgan fingerprint density at radius 3 is 2.43 bits per heavy atom. The summed E-state index contributed by atoms with van der Waals surface area (Å²) in [5.74, 6) is -0.281. The molecule has 2 N–H and O–H groups in total. The van der Waals surface area contributed by atoms with E-state index in [9.17, 15) is 9.59 Å². The third-order valence-electron chi connectivity index (χ3n) is 2.48. The lowest BCUT2D eigenvalue weighted by molar-refractivity contribution is -0.135. The zero-order valence-electron chi connectivity index (χ0n) is 8.40. The summed E-state index contributed by atoms with van der Waals surface area (Å²) in [5.41, 5.74) is 5.62. The van der Waals surface area contributed by atoms with Gasteiger partial charge in [0, 0.05) is 32.0 Å². The molecule has 1 rings (SSSR count). The van der Waals surface area contributed by atoms with Crippen molar-refractivity contribution in [1.29, 1.82) is 0 Å². The molecule has 77 valence electrons. The maximum atomic E-state index is 11.7. The molecule has 0 bridgehead atoms. The van der Waals surface area contributed by atoms with Gasteiger partial charge in [0.05, 0.1) is 0 Å². The van der Waals surface area contributed by atoms with Gasteiger partial charge in [-0.1, -0.05) is 0 Å². The Balaban J connectivity index is 2.49. The third kappa shape index (κ3) is 2.58. The molecule has 1 heterocycles. The molecule has 1 aliphatic rings. The number of piperidine rings is 1. The number of nitrogens with two attached hydrogens (primary N) is 1. The summed E-state index contributed by atoms with van der Waals surface area (Å²) >= 11 is 0. The predicted molar refractivity (Wildman–Crippen MR) is 54.0 cm³/mol. The number of carbonyl (C=O) groups is 2. The van der Waals surface area contributed by atoms with E-state index in [-0.39, 0.29) is 17.5 Å². The Hall–Kier alpha value is -0.835. The first-order valence-electron chi connectivity index (χ1n) is 4.84. The molecule has 0 spiro atoms. The number of rotatable bonds is 2. The lowest BCUT2D eigenvalue weighted by atomic mass is 9.82. The van der Waals surface area contributed by atoms with Gasteiger partial charge in [0.25, 0.3) is 0 Å². The molecule has 2 atom stereocenters. The van der Waals surface area contributed by atoms with E-state index >= 15 is 0 Å². The number of ketones is 1. The highest BCUT2D eigenvalue weighted by atomic mass is 16.2. The van der Waals surface area contributed by atoms with Gasteiger partial charge in [-0.2, -0.15) is 0 Å². The quantitative estimate of drug-likeness (QED) is 0.601. The Morgan fingerprint density at radius 1 is 1.50 bits per heavy atom. The number of amides is 1. The topological polar surface area (TPSA) is 63.4 Å². The molecule has 1 saturated heterocycles. The predicted octanol–water partition coefficient (Wildman–Crippen LogP) is -0.518. The minimum Gasteiger partial charge on any atom is -0.619 e. The van der Waals surface area contributed by atoms with E-state index < -0.39 is 6.04 Å². The number of hydrogen-bond acceptors (Lipinski definition) is 3. The first-order valence-corrected chi connectivity index (χ1v) is 4.84. The molecule has 4 nitrogen and oxygen atoms in total. The highest BCUT2D eigenvalue weighted by Gasteiger charge is 2.23. The van der Waals surface area contributed by atoms with Crippen LogP contribution in [0.15, 0.2) is 0 Å². The van der Waals surface area contributed by atoms with Crippen LogP contribution >= 0.6 is 0 Å². The van der Waals surface area contributed by atoms with Crippen molar-refractivity contribution >= 4 is 19.5 Å². The fraction of sp³-hybridized carbons (Fsp3) is 0.778. The molecule has 1 amide bonds. The van der Waals surface area contributed by atoms with Crippen molar-refractivity contribution in [2.45, 2.75) is 31.6 Å². The maximum absolute atomic E-state index is 11.7. The standard InChI is InChI=1S/C9H15BN2O2/c1-6(10)8(11)9(14)12-4-2-7(13)3-5-12/h6,8H,2-5,11H2,1H3/q-1/t6?,8-/m1/s1. The van der Waals surface area contributed by atoms with Gasteiger partial charge in [0.15, 0.2) is 0 Å². The van der Waals surface area contributed by atoms with Gasteiger partial charge in [-0.15, -0.1) is 6.92 Å². The van der Waals surface area contributed by atoms with Gasteiger partial charge in [-0.25, -0.2) is 5.82 Å². The first-order chi connectivity index (χ1) is 6.52. The highest BCUT2D eigenvalue weighted by Crippen LogP contribution is 2.11. The lowest BCUT2D eigenvalue weighted by Gasteiger charge is -2.33. The van der Waals surface area contributed by atoms with Crippen molar-refractivity contribution in [3.8, 4) is 0 Å². The van der Waals surface area contributed by atoms with Crippen LogP contribution < -0.4 is 5.73 Å². The first kappa shape index (κ1) is 11.2. The molecule has 5 heteroatoms. The zero-order valence-corrected chi connectivity index (χ0v) is 8.40. The summed E-state index contributed by atoms with van der Waals surface area (Å²) < 4.78 is 0. The normalized spacial score (nSPS) is 21.9. The van der Waals surface area contributed by atoms with E-state index in [1.807, 2.05) is 0 Å². The number of Topliss-reactive ketones (excluding diaryl/α,β-unsaturated/α-hetero) is 1. The molecule has 3 radical (unpaired) electrons. The van der Waals surface area contributed by atoms with Crippen LogP contribution in [0.3, 0.4) is 0 Å². The van der Waals surface area contributed by atoms with Gasteiger partial charge in [0.1, 0.15) is 5.78 Å². The molecule has 0 aromatic heterocycles. The molecule has 0 aromatic rings. The monoisotopic (exact) mass is 194 g/mol. The Bertz CT molecular complexity index is 233. The molecule has 1 unspecified atom stereocenters. The molecule has 1 fully saturated rings. The summed E-state index contributed by atoms with van der Waals surface area (Å²) in [4.78, 5) is 24.2. The minimum absolute atomic E-state index is 0.146. The fourth-order valence-corrected chi connectivity index (χ4v) is 1.41. The fourth-order valence-electron chi connectivity index (χ4n) is 1.41. The molecule has 0 aromatic carbocycles. The van der Waals surface area contributed by atoms with Crippen LogP contribution in [0.2, 0.25) is 5.82 Å². The number of carbonyl (C=O) groups excluding carboxylic acids is 2. The summed E-state index contributed by atoms with van der Waals surface area (Å²) in [6, 6.07) is -0.650.